The normalized spacial score (nSPS) is 14.2. The van der Waals surface area contributed by atoms with Gasteiger partial charge in [0.2, 0.25) is 0 Å². The Labute approximate surface area is 232 Å². The molecular weight excluding hydrogens is 509 g/mol. The van der Waals surface area contributed by atoms with Crippen LogP contribution in [0.25, 0.3) is 0 Å². The van der Waals surface area contributed by atoms with Gasteiger partial charge in [-0.3, -0.25) is 18.6 Å². The number of hydrogen-bond acceptors (Lipinski definition) is 7. The monoisotopic (exact) mass is 566 g/mol. The van der Waals surface area contributed by atoms with Crippen LogP contribution in [0.3, 0.4) is 0 Å². The molecule has 226 valence electrons. The van der Waals surface area contributed by atoms with Crippen molar-refractivity contribution in [2.75, 3.05) is 47.5 Å². The molecule has 1 N–H and O–H groups in total. The Hall–Kier alpha value is -0.990. The van der Waals surface area contributed by atoms with Gasteiger partial charge in [-0.25, -0.2) is 4.57 Å². The van der Waals surface area contributed by atoms with Crippen molar-refractivity contribution in [1.29, 1.82) is 0 Å². The van der Waals surface area contributed by atoms with Crippen molar-refractivity contribution in [3.05, 3.63) is 0 Å². The zero-order valence-corrected chi connectivity index (χ0v) is 25.8. The van der Waals surface area contributed by atoms with Gasteiger partial charge in [0.1, 0.15) is 19.8 Å². The molecule has 2 atom stereocenters. The summed E-state index contributed by atoms with van der Waals surface area (Å²) >= 11 is 0. The molecule has 0 spiro atoms. The summed E-state index contributed by atoms with van der Waals surface area (Å²) in [6.45, 7) is 4.00. The van der Waals surface area contributed by atoms with E-state index in [2.05, 4.69) is 6.92 Å². The van der Waals surface area contributed by atoms with E-state index in [9.17, 15) is 19.0 Å². The van der Waals surface area contributed by atoms with E-state index in [0.29, 0.717) is 23.9 Å². The molecule has 0 saturated heterocycles. The van der Waals surface area contributed by atoms with Crippen molar-refractivity contribution in [3.8, 4) is 0 Å². The number of carbonyl (C=O) groups is 2. The van der Waals surface area contributed by atoms with Crippen molar-refractivity contribution in [1.82, 2.24) is 0 Å². The average molecular weight is 567 g/mol. The summed E-state index contributed by atoms with van der Waals surface area (Å²) in [4.78, 5) is 34.0. The SMILES string of the molecule is CCCCCCCCCCCCCCCC(=O)OC[C@H](COP(=O)(O)OCC[N+](C)(C)C)OC(=O)CCC. The molecule has 10 heteroatoms. The molecule has 0 radical (unpaired) electrons. The first-order valence-corrected chi connectivity index (χ1v) is 16.3. The highest BCUT2D eigenvalue weighted by Crippen LogP contribution is 2.43. The van der Waals surface area contributed by atoms with Gasteiger partial charge in [-0.2, -0.15) is 0 Å². The van der Waals surface area contributed by atoms with Gasteiger partial charge in [0.25, 0.3) is 0 Å². The number of unbranched alkanes of at least 4 members (excludes halogenated alkanes) is 12. The van der Waals surface area contributed by atoms with E-state index in [1.165, 1.54) is 64.2 Å². The Morgan fingerprint density at radius 3 is 1.74 bits per heavy atom. The number of esters is 2. The molecule has 38 heavy (non-hydrogen) atoms. The third-order valence-corrected chi connectivity index (χ3v) is 7.09. The molecule has 0 saturated carbocycles. The average Bonchev–Trinajstić information content (AvgIpc) is 2.83. The van der Waals surface area contributed by atoms with E-state index in [1.807, 2.05) is 28.1 Å². The maximum Gasteiger partial charge on any atom is 0.472 e. The highest BCUT2D eigenvalue weighted by atomic mass is 31.2. The number of phosphoric acid groups is 1. The van der Waals surface area contributed by atoms with Gasteiger partial charge >= 0.3 is 19.8 Å². The fourth-order valence-electron chi connectivity index (χ4n) is 3.75. The standard InChI is InChI=1S/C28H56NO8P/c1-6-8-9-10-11-12-13-14-15-16-17-18-19-21-27(30)34-24-26(37-28(31)20-7-2)25-36-38(32,33)35-23-22-29(3,4)5/h26H,6-25H2,1-5H3/p+1/t26-/m1/s1. The predicted octanol–water partition coefficient (Wildman–Crippen LogP) is 6.56. The topological polar surface area (TPSA) is 108 Å². The van der Waals surface area contributed by atoms with Crippen LogP contribution in [0.2, 0.25) is 0 Å². The van der Waals surface area contributed by atoms with Crippen LogP contribution in [0.5, 0.6) is 0 Å². The number of rotatable bonds is 26. The minimum Gasteiger partial charge on any atom is -0.462 e. The zero-order chi connectivity index (χ0) is 28.7. The summed E-state index contributed by atoms with van der Waals surface area (Å²) in [7, 11) is 1.47. The van der Waals surface area contributed by atoms with Crippen LogP contribution >= 0.6 is 7.82 Å². The molecule has 0 aromatic carbocycles. The highest BCUT2D eigenvalue weighted by molar-refractivity contribution is 7.47. The predicted molar refractivity (Wildman–Crippen MR) is 151 cm³/mol. The summed E-state index contributed by atoms with van der Waals surface area (Å²) in [6.07, 6.45) is 16.1. The molecule has 0 aromatic heterocycles. The van der Waals surface area contributed by atoms with E-state index in [1.54, 1.807) is 0 Å². The summed E-state index contributed by atoms with van der Waals surface area (Å²) < 4.78 is 33.3. The summed E-state index contributed by atoms with van der Waals surface area (Å²) in [5.41, 5.74) is 0. The second-order valence-electron chi connectivity index (χ2n) is 11.1. The Balaban J connectivity index is 4.14. The molecule has 9 nitrogen and oxygen atoms in total. The third-order valence-electron chi connectivity index (χ3n) is 6.11. The lowest BCUT2D eigenvalue weighted by Gasteiger charge is -2.24. The van der Waals surface area contributed by atoms with E-state index < -0.39 is 26.5 Å². The first-order chi connectivity index (χ1) is 18.0. The maximum atomic E-state index is 12.2. The summed E-state index contributed by atoms with van der Waals surface area (Å²) in [5.74, 6) is -0.858. The van der Waals surface area contributed by atoms with Gasteiger partial charge in [-0.15, -0.1) is 0 Å². The molecular formula is C28H57NO8P+. The maximum absolute atomic E-state index is 12.2. The Kier molecular flexibility index (Phi) is 22.2. The number of carbonyl (C=O) groups excluding carboxylic acids is 2. The van der Waals surface area contributed by atoms with E-state index in [0.717, 1.165) is 19.3 Å². The van der Waals surface area contributed by atoms with Crippen LogP contribution in [-0.4, -0.2) is 74.9 Å². The number of ether oxygens (including phenoxy) is 2. The molecule has 0 aliphatic heterocycles. The molecule has 0 rings (SSSR count). The van der Waals surface area contributed by atoms with Gasteiger partial charge in [0, 0.05) is 12.8 Å². The van der Waals surface area contributed by atoms with Crippen LogP contribution in [0.4, 0.5) is 0 Å². The number of nitrogens with zero attached hydrogens (tertiary/aromatic N) is 1. The lowest BCUT2D eigenvalue weighted by molar-refractivity contribution is -0.870. The van der Waals surface area contributed by atoms with Gasteiger partial charge in [0.15, 0.2) is 6.10 Å². The van der Waals surface area contributed by atoms with Crippen molar-refractivity contribution in [3.63, 3.8) is 0 Å². The lowest BCUT2D eigenvalue weighted by Crippen LogP contribution is -2.37. The molecule has 0 bridgehead atoms. The first kappa shape index (κ1) is 37.0. The Bertz CT molecular complexity index is 653. The second-order valence-corrected chi connectivity index (χ2v) is 12.6. The molecule has 0 aliphatic rings. The summed E-state index contributed by atoms with van der Waals surface area (Å²) in [6, 6.07) is 0. The van der Waals surface area contributed by atoms with Crippen LogP contribution in [-0.2, 0) is 32.7 Å². The van der Waals surface area contributed by atoms with Crippen LogP contribution in [0.1, 0.15) is 117 Å². The second kappa shape index (κ2) is 22.8. The number of phosphoric ester groups is 1. The van der Waals surface area contributed by atoms with Gasteiger partial charge in [-0.05, 0) is 12.8 Å². The van der Waals surface area contributed by atoms with Crippen LogP contribution in [0.15, 0.2) is 0 Å². The van der Waals surface area contributed by atoms with Crippen LogP contribution < -0.4 is 0 Å². The Morgan fingerprint density at radius 1 is 0.711 bits per heavy atom. The molecule has 0 fully saturated rings. The fourth-order valence-corrected chi connectivity index (χ4v) is 4.50. The minimum absolute atomic E-state index is 0.0334. The van der Waals surface area contributed by atoms with Crippen LogP contribution in [0, 0.1) is 0 Å². The van der Waals surface area contributed by atoms with E-state index in [4.69, 9.17) is 18.5 Å². The zero-order valence-electron chi connectivity index (χ0n) is 24.9. The number of likely N-dealkylation sites (N-methyl/N-ethyl adjacent to an activating group) is 1. The van der Waals surface area contributed by atoms with Gasteiger partial charge < -0.3 is 18.9 Å². The van der Waals surface area contributed by atoms with Gasteiger partial charge in [0.05, 0.1) is 27.7 Å². The molecule has 0 amide bonds. The van der Waals surface area contributed by atoms with Crippen molar-refractivity contribution in [2.45, 2.75) is 123 Å². The number of quaternary nitrogens is 1. The third kappa shape index (κ3) is 25.3. The molecule has 0 aromatic rings. The highest BCUT2D eigenvalue weighted by Gasteiger charge is 2.26. The summed E-state index contributed by atoms with van der Waals surface area (Å²) in [5, 5.41) is 0. The Morgan fingerprint density at radius 2 is 1.24 bits per heavy atom. The van der Waals surface area contributed by atoms with Crippen molar-refractivity contribution < 1.29 is 42.1 Å². The van der Waals surface area contributed by atoms with E-state index in [-0.39, 0.29) is 25.6 Å². The first-order valence-electron chi connectivity index (χ1n) is 14.8. The lowest BCUT2D eigenvalue weighted by atomic mass is 10.0. The largest absolute Gasteiger partial charge is 0.472 e. The van der Waals surface area contributed by atoms with Crippen molar-refractivity contribution in [2.24, 2.45) is 0 Å². The fraction of sp³-hybridized carbons (Fsp3) is 0.929. The molecule has 0 heterocycles. The smallest absolute Gasteiger partial charge is 0.462 e. The number of hydrogen-bond donors (Lipinski definition) is 1. The van der Waals surface area contributed by atoms with Gasteiger partial charge in [-0.1, -0.05) is 90.9 Å². The van der Waals surface area contributed by atoms with Crippen molar-refractivity contribution >= 4 is 19.8 Å². The molecule has 0 aliphatic carbocycles. The molecule has 1 unspecified atom stereocenters. The van der Waals surface area contributed by atoms with E-state index >= 15 is 0 Å². The quantitative estimate of drug-likeness (QED) is 0.0543. The minimum atomic E-state index is -4.32.